The Labute approximate surface area is 184 Å². The Morgan fingerprint density at radius 2 is 1.71 bits per heavy atom. The molecule has 0 aliphatic carbocycles. The summed E-state index contributed by atoms with van der Waals surface area (Å²) in [7, 11) is 3.15. The summed E-state index contributed by atoms with van der Waals surface area (Å²) in [4.78, 5) is 43.4. The molecule has 3 amide bonds. The first kappa shape index (κ1) is 22.9. The number of rotatable bonds is 6. The number of hydrogen-bond acceptors (Lipinski definition) is 5. The highest BCUT2D eigenvalue weighted by molar-refractivity contribution is 5.89. The number of nitrogens with zero attached hydrogens (tertiary/aromatic N) is 3. The van der Waals surface area contributed by atoms with E-state index in [2.05, 4.69) is 0 Å². The van der Waals surface area contributed by atoms with Crippen molar-refractivity contribution >= 4 is 17.7 Å². The highest BCUT2D eigenvalue weighted by atomic mass is 16.5. The molecule has 2 aliphatic heterocycles. The molecule has 0 aromatic heterocycles. The second kappa shape index (κ2) is 10.0. The van der Waals surface area contributed by atoms with Crippen molar-refractivity contribution in [1.29, 1.82) is 0 Å². The maximum atomic E-state index is 13.0. The normalized spacial score (nSPS) is 19.6. The summed E-state index contributed by atoms with van der Waals surface area (Å²) in [6.07, 6.45) is 1.29. The van der Waals surface area contributed by atoms with Crippen LogP contribution in [-0.4, -0.2) is 85.4 Å². The Hall–Kier alpha value is -2.77. The average Bonchev–Trinajstić information content (AvgIpc) is 2.98. The van der Waals surface area contributed by atoms with Crippen LogP contribution in [0.5, 0.6) is 11.5 Å². The highest BCUT2D eigenvalue weighted by Gasteiger charge is 2.37. The minimum atomic E-state index is -0.274. The third kappa shape index (κ3) is 5.29. The Bertz CT molecular complexity index is 825. The molecule has 0 N–H and O–H groups in total. The van der Waals surface area contributed by atoms with E-state index in [1.54, 1.807) is 25.2 Å². The van der Waals surface area contributed by atoms with E-state index in [4.69, 9.17) is 9.47 Å². The lowest BCUT2D eigenvalue weighted by Gasteiger charge is -2.25. The fraction of sp³-hybridized carbons (Fsp3) is 0.609. The molecular formula is C23H33N3O5. The summed E-state index contributed by atoms with van der Waals surface area (Å²) in [6.45, 7) is 6.68. The molecule has 1 unspecified atom stereocenters. The zero-order chi connectivity index (χ0) is 22.5. The van der Waals surface area contributed by atoms with Gasteiger partial charge in [0, 0.05) is 45.2 Å². The van der Waals surface area contributed by atoms with Gasteiger partial charge in [-0.3, -0.25) is 14.4 Å². The van der Waals surface area contributed by atoms with Crippen LogP contribution in [-0.2, 0) is 20.8 Å². The zero-order valence-corrected chi connectivity index (χ0v) is 18.9. The standard InChI is InChI=1S/C23H33N3O5/c1-16(2)26-15-18(14-22(26)28)23(29)25-9-5-8-24(10-11-25)21(27)13-17-6-7-19(30-3)20(12-17)31-4/h6-7,12,16,18H,5,8-11,13-15H2,1-4H3. The summed E-state index contributed by atoms with van der Waals surface area (Å²) in [5.74, 6) is 1.07. The van der Waals surface area contributed by atoms with Crippen LogP contribution in [0.1, 0.15) is 32.3 Å². The minimum absolute atomic E-state index is 0.0311. The third-order valence-electron chi connectivity index (χ3n) is 6.09. The first-order chi connectivity index (χ1) is 14.8. The Morgan fingerprint density at radius 1 is 1.03 bits per heavy atom. The van der Waals surface area contributed by atoms with Crippen molar-refractivity contribution in [2.75, 3.05) is 46.9 Å². The van der Waals surface area contributed by atoms with Crippen LogP contribution in [0.4, 0.5) is 0 Å². The van der Waals surface area contributed by atoms with E-state index in [0.717, 1.165) is 12.0 Å². The van der Waals surface area contributed by atoms with Gasteiger partial charge in [0.1, 0.15) is 0 Å². The summed E-state index contributed by atoms with van der Waals surface area (Å²) in [5.41, 5.74) is 0.859. The van der Waals surface area contributed by atoms with Gasteiger partial charge in [-0.15, -0.1) is 0 Å². The SMILES string of the molecule is COc1ccc(CC(=O)N2CCCN(C(=O)C3CC(=O)N(C(C)C)C3)CC2)cc1OC. The van der Waals surface area contributed by atoms with Crippen molar-refractivity contribution in [2.24, 2.45) is 5.92 Å². The van der Waals surface area contributed by atoms with Gasteiger partial charge in [-0.05, 0) is 38.0 Å². The molecule has 8 nitrogen and oxygen atoms in total. The van der Waals surface area contributed by atoms with Crippen LogP contribution < -0.4 is 9.47 Å². The van der Waals surface area contributed by atoms with Crippen LogP contribution in [0.2, 0.25) is 0 Å². The van der Waals surface area contributed by atoms with E-state index in [1.165, 1.54) is 0 Å². The number of carbonyl (C=O) groups excluding carboxylic acids is 3. The van der Waals surface area contributed by atoms with Crippen LogP contribution in [0.15, 0.2) is 18.2 Å². The van der Waals surface area contributed by atoms with Crippen LogP contribution in [0, 0.1) is 5.92 Å². The first-order valence-electron chi connectivity index (χ1n) is 10.9. The molecule has 2 heterocycles. The fourth-order valence-corrected chi connectivity index (χ4v) is 4.32. The van der Waals surface area contributed by atoms with Gasteiger partial charge in [-0.25, -0.2) is 0 Å². The second-order valence-electron chi connectivity index (χ2n) is 8.47. The summed E-state index contributed by atoms with van der Waals surface area (Å²) in [6, 6.07) is 5.60. The maximum Gasteiger partial charge on any atom is 0.228 e. The van der Waals surface area contributed by atoms with Crippen molar-refractivity contribution < 1.29 is 23.9 Å². The van der Waals surface area contributed by atoms with Gasteiger partial charge in [-0.2, -0.15) is 0 Å². The van der Waals surface area contributed by atoms with Crippen molar-refractivity contribution in [2.45, 2.75) is 39.2 Å². The van der Waals surface area contributed by atoms with Crippen LogP contribution >= 0.6 is 0 Å². The Kier molecular flexibility index (Phi) is 7.41. The summed E-state index contributed by atoms with van der Waals surface area (Å²) >= 11 is 0. The van der Waals surface area contributed by atoms with Crippen LogP contribution in [0.3, 0.4) is 0 Å². The summed E-state index contributed by atoms with van der Waals surface area (Å²) in [5, 5.41) is 0. The molecule has 1 aromatic carbocycles. The van der Waals surface area contributed by atoms with E-state index >= 15 is 0 Å². The van der Waals surface area contributed by atoms with E-state index in [9.17, 15) is 14.4 Å². The molecule has 2 aliphatic rings. The molecule has 3 rings (SSSR count). The topological polar surface area (TPSA) is 79.4 Å². The van der Waals surface area contributed by atoms with Gasteiger partial charge in [0.15, 0.2) is 11.5 Å². The molecule has 2 fully saturated rings. The quantitative estimate of drug-likeness (QED) is 0.683. The average molecular weight is 432 g/mol. The molecule has 1 atom stereocenters. The molecule has 8 heteroatoms. The smallest absolute Gasteiger partial charge is 0.228 e. The number of amides is 3. The Balaban J connectivity index is 1.56. The van der Waals surface area contributed by atoms with Gasteiger partial charge >= 0.3 is 0 Å². The lowest BCUT2D eigenvalue weighted by atomic mass is 10.1. The fourth-order valence-electron chi connectivity index (χ4n) is 4.32. The second-order valence-corrected chi connectivity index (χ2v) is 8.47. The largest absolute Gasteiger partial charge is 0.493 e. The van der Waals surface area contributed by atoms with Crippen molar-refractivity contribution in [1.82, 2.24) is 14.7 Å². The minimum Gasteiger partial charge on any atom is -0.493 e. The lowest BCUT2D eigenvalue weighted by molar-refractivity contribution is -0.136. The molecule has 0 saturated carbocycles. The van der Waals surface area contributed by atoms with Crippen molar-refractivity contribution in [3.63, 3.8) is 0 Å². The molecule has 0 bridgehead atoms. The lowest BCUT2D eigenvalue weighted by Crippen LogP contribution is -2.41. The highest BCUT2D eigenvalue weighted by Crippen LogP contribution is 2.28. The first-order valence-corrected chi connectivity index (χ1v) is 10.9. The molecule has 1 aromatic rings. The van der Waals surface area contributed by atoms with Gasteiger partial charge in [0.05, 0.1) is 26.6 Å². The molecule has 31 heavy (non-hydrogen) atoms. The predicted octanol–water partition coefficient (Wildman–Crippen LogP) is 1.56. The van der Waals surface area contributed by atoms with E-state index < -0.39 is 0 Å². The van der Waals surface area contributed by atoms with Gasteiger partial charge < -0.3 is 24.2 Å². The molecule has 2 saturated heterocycles. The third-order valence-corrected chi connectivity index (χ3v) is 6.09. The van der Waals surface area contributed by atoms with Crippen molar-refractivity contribution in [3.05, 3.63) is 23.8 Å². The number of benzene rings is 1. The number of ether oxygens (including phenoxy) is 2. The van der Waals surface area contributed by atoms with Gasteiger partial charge in [-0.1, -0.05) is 6.07 Å². The zero-order valence-electron chi connectivity index (χ0n) is 18.9. The number of likely N-dealkylation sites (tertiary alicyclic amines) is 1. The maximum absolute atomic E-state index is 13.0. The molecular weight excluding hydrogens is 398 g/mol. The number of carbonyl (C=O) groups is 3. The monoisotopic (exact) mass is 431 g/mol. The van der Waals surface area contributed by atoms with Gasteiger partial charge in [0.25, 0.3) is 0 Å². The molecule has 0 spiro atoms. The van der Waals surface area contributed by atoms with Crippen molar-refractivity contribution in [3.8, 4) is 11.5 Å². The summed E-state index contributed by atoms with van der Waals surface area (Å²) < 4.78 is 10.6. The number of hydrogen-bond donors (Lipinski definition) is 0. The molecule has 0 radical (unpaired) electrons. The number of methoxy groups -OCH3 is 2. The Morgan fingerprint density at radius 3 is 2.35 bits per heavy atom. The van der Waals surface area contributed by atoms with E-state index in [1.807, 2.05) is 35.8 Å². The van der Waals surface area contributed by atoms with E-state index in [0.29, 0.717) is 44.2 Å². The van der Waals surface area contributed by atoms with E-state index in [-0.39, 0.29) is 42.5 Å². The predicted molar refractivity (Wildman–Crippen MR) is 116 cm³/mol. The molecule has 170 valence electrons. The van der Waals surface area contributed by atoms with Crippen LogP contribution in [0.25, 0.3) is 0 Å². The van der Waals surface area contributed by atoms with Gasteiger partial charge in [0.2, 0.25) is 17.7 Å².